The topological polar surface area (TPSA) is 70.1 Å². The summed E-state index contributed by atoms with van der Waals surface area (Å²) < 4.78 is 0. The molecule has 7 nitrogen and oxygen atoms in total. The van der Waals surface area contributed by atoms with Gasteiger partial charge in [0.1, 0.15) is 5.82 Å². The molecule has 0 saturated carbocycles. The highest BCUT2D eigenvalue weighted by Crippen LogP contribution is 2.25. The van der Waals surface area contributed by atoms with E-state index in [-0.39, 0.29) is 0 Å². The van der Waals surface area contributed by atoms with Crippen molar-refractivity contribution >= 4 is 28.6 Å². The lowest BCUT2D eigenvalue weighted by Gasteiger charge is -2.35. The van der Waals surface area contributed by atoms with Crippen LogP contribution in [0.1, 0.15) is 22.5 Å². The molecule has 3 heterocycles. The zero-order chi connectivity index (χ0) is 22.8. The van der Waals surface area contributed by atoms with Crippen LogP contribution in [0.2, 0.25) is 0 Å². The van der Waals surface area contributed by atoms with E-state index in [4.69, 9.17) is 9.97 Å². The summed E-state index contributed by atoms with van der Waals surface area (Å²) in [6.45, 7) is 10.2. The van der Waals surface area contributed by atoms with Gasteiger partial charge in [0, 0.05) is 49.5 Å². The number of benzene rings is 2. The Balaban J connectivity index is 1.35. The Morgan fingerprint density at radius 2 is 1.33 bits per heavy atom. The Labute approximate surface area is 194 Å². The fourth-order valence-electron chi connectivity index (χ4n) is 4.19. The third kappa shape index (κ3) is 4.72. The Morgan fingerprint density at radius 1 is 0.727 bits per heavy atom. The van der Waals surface area contributed by atoms with Crippen molar-refractivity contribution in [3.63, 3.8) is 0 Å². The summed E-state index contributed by atoms with van der Waals surface area (Å²) in [6.07, 6.45) is 0. The second-order valence-electron chi connectivity index (χ2n) is 8.65. The minimum atomic E-state index is 0.721. The van der Waals surface area contributed by atoms with Crippen molar-refractivity contribution in [2.45, 2.75) is 27.3 Å². The highest BCUT2D eigenvalue weighted by molar-refractivity contribution is 5.90. The second kappa shape index (κ2) is 9.02. The first-order valence-corrected chi connectivity index (χ1v) is 11.4. The third-order valence-electron chi connectivity index (χ3n) is 5.99. The minimum absolute atomic E-state index is 0.721. The van der Waals surface area contributed by atoms with E-state index in [1.165, 1.54) is 11.1 Å². The number of nitrogens with zero attached hydrogens (tertiary/aromatic N) is 6. The van der Waals surface area contributed by atoms with Crippen LogP contribution in [-0.2, 0) is 6.54 Å². The highest BCUT2D eigenvalue weighted by atomic mass is 15.4. The van der Waals surface area contributed by atoms with E-state index in [0.717, 1.165) is 72.7 Å². The molecule has 33 heavy (non-hydrogen) atoms. The van der Waals surface area contributed by atoms with Crippen LogP contribution in [0, 0.1) is 20.8 Å². The predicted molar refractivity (Wildman–Crippen MR) is 134 cm³/mol. The number of para-hydroxylation sites is 1. The molecule has 0 spiro atoms. The molecule has 168 valence electrons. The maximum atomic E-state index is 4.94. The summed E-state index contributed by atoms with van der Waals surface area (Å²) in [4.78, 5) is 23.6. The molecule has 0 bridgehead atoms. The highest BCUT2D eigenvalue weighted by Gasteiger charge is 2.22. The van der Waals surface area contributed by atoms with Crippen molar-refractivity contribution in [1.82, 2.24) is 19.9 Å². The lowest BCUT2D eigenvalue weighted by molar-refractivity contribution is 0.627. The molecule has 4 aromatic rings. The van der Waals surface area contributed by atoms with E-state index in [9.17, 15) is 0 Å². The summed E-state index contributed by atoms with van der Waals surface area (Å²) >= 11 is 0. The van der Waals surface area contributed by atoms with Crippen molar-refractivity contribution in [2.75, 3.05) is 41.3 Å². The van der Waals surface area contributed by atoms with Gasteiger partial charge in [-0.15, -0.1) is 0 Å². The Morgan fingerprint density at radius 3 is 2.00 bits per heavy atom. The largest absolute Gasteiger partial charge is 0.365 e. The molecule has 0 atom stereocenters. The van der Waals surface area contributed by atoms with Gasteiger partial charge in [0.2, 0.25) is 11.9 Å². The first kappa shape index (κ1) is 21.1. The lowest BCUT2D eigenvalue weighted by atomic mass is 10.1. The average molecular weight is 440 g/mol. The number of rotatable bonds is 5. The molecule has 0 aliphatic carbocycles. The average Bonchev–Trinajstić information content (AvgIpc) is 2.83. The van der Waals surface area contributed by atoms with Gasteiger partial charge < -0.3 is 15.1 Å². The molecular weight excluding hydrogens is 410 g/mol. The molecule has 2 aromatic carbocycles. The number of nitrogens with one attached hydrogen (secondary N) is 1. The fourth-order valence-corrected chi connectivity index (χ4v) is 4.19. The summed E-state index contributed by atoms with van der Waals surface area (Å²) in [7, 11) is 0. The molecule has 5 rings (SSSR count). The van der Waals surface area contributed by atoms with Crippen LogP contribution in [0.5, 0.6) is 0 Å². The molecule has 1 aliphatic heterocycles. The minimum Gasteiger partial charge on any atom is -0.365 e. The summed E-state index contributed by atoms with van der Waals surface area (Å²) in [6, 6.07) is 18.8. The standard InChI is InChI=1S/C26H29N7/c1-18-8-10-21(11-9-18)17-27-24-22-6-4-5-7-23(22)30-26(31-24)33-14-12-32(13-15-33)25-28-19(2)16-20(3)29-25/h4-11,16H,12-15,17H2,1-3H3,(H,27,30,31). The second-order valence-corrected chi connectivity index (χ2v) is 8.65. The van der Waals surface area contributed by atoms with E-state index in [2.05, 4.69) is 68.4 Å². The van der Waals surface area contributed by atoms with Gasteiger partial charge in [-0.05, 0) is 44.5 Å². The van der Waals surface area contributed by atoms with Crippen molar-refractivity contribution in [2.24, 2.45) is 0 Å². The van der Waals surface area contributed by atoms with Crippen LogP contribution in [0.3, 0.4) is 0 Å². The van der Waals surface area contributed by atoms with Gasteiger partial charge >= 0.3 is 0 Å². The SMILES string of the molecule is Cc1ccc(CNc2nc(N3CCN(c4nc(C)cc(C)n4)CC3)nc3ccccc23)cc1. The van der Waals surface area contributed by atoms with E-state index in [0.29, 0.717) is 0 Å². The molecular formula is C26H29N7. The summed E-state index contributed by atoms with van der Waals surface area (Å²) in [5.74, 6) is 2.45. The quantitative estimate of drug-likeness (QED) is 0.498. The van der Waals surface area contributed by atoms with Gasteiger partial charge in [0.25, 0.3) is 0 Å². The Kier molecular flexibility index (Phi) is 5.77. The zero-order valence-corrected chi connectivity index (χ0v) is 19.4. The molecule has 2 aromatic heterocycles. The Hall–Kier alpha value is -3.74. The normalized spacial score (nSPS) is 14.0. The van der Waals surface area contributed by atoms with Crippen LogP contribution >= 0.6 is 0 Å². The number of piperazine rings is 1. The van der Waals surface area contributed by atoms with Gasteiger partial charge in [-0.1, -0.05) is 42.0 Å². The number of fused-ring (bicyclic) bond motifs is 1. The molecule has 1 aliphatic rings. The van der Waals surface area contributed by atoms with Crippen LogP contribution in [0.15, 0.2) is 54.6 Å². The number of hydrogen-bond acceptors (Lipinski definition) is 7. The molecule has 0 radical (unpaired) electrons. The molecule has 7 heteroatoms. The molecule has 0 amide bonds. The van der Waals surface area contributed by atoms with Gasteiger partial charge in [0.15, 0.2) is 0 Å². The molecule has 1 fully saturated rings. The third-order valence-corrected chi connectivity index (χ3v) is 5.99. The van der Waals surface area contributed by atoms with Crippen molar-refractivity contribution in [3.8, 4) is 0 Å². The van der Waals surface area contributed by atoms with Gasteiger partial charge in [-0.2, -0.15) is 4.98 Å². The van der Waals surface area contributed by atoms with Crippen LogP contribution in [0.25, 0.3) is 10.9 Å². The van der Waals surface area contributed by atoms with Crippen LogP contribution < -0.4 is 15.1 Å². The maximum absolute atomic E-state index is 4.94. The fraction of sp³-hybridized carbons (Fsp3) is 0.308. The zero-order valence-electron chi connectivity index (χ0n) is 19.4. The van der Waals surface area contributed by atoms with E-state index < -0.39 is 0 Å². The number of anilines is 3. The van der Waals surface area contributed by atoms with Crippen molar-refractivity contribution in [1.29, 1.82) is 0 Å². The smallest absolute Gasteiger partial charge is 0.228 e. The summed E-state index contributed by atoms with van der Waals surface area (Å²) in [5, 5.41) is 4.58. The van der Waals surface area contributed by atoms with Crippen LogP contribution in [-0.4, -0.2) is 46.1 Å². The monoisotopic (exact) mass is 439 g/mol. The van der Waals surface area contributed by atoms with Gasteiger partial charge in [-0.3, -0.25) is 0 Å². The maximum Gasteiger partial charge on any atom is 0.228 e. The first-order chi connectivity index (χ1) is 16.0. The van der Waals surface area contributed by atoms with E-state index in [1.54, 1.807) is 0 Å². The van der Waals surface area contributed by atoms with E-state index >= 15 is 0 Å². The first-order valence-electron chi connectivity index (χ1n) is 11.4. The predicted octanol–water partition coefficient (Wildman–Crippen LogP) is 4.28. The molecule has 1 N–H and O–H groups in total. The van der Waals surface area contributed by atoms with Gasteiger partial charge in [0.05, 0.1) is 5.52 Å². The van der Waals surface area contributed by atoms with E-state index in [1.807, 2.05) is 32.0 Å². The molecule has 1 saturated heterocycles. The molecule has 0 unspecified atom stereocenters. The van der Waals surface area contributed by atoms with Crippen molar-refractivity contribution in [3.05, 3.63) is 77.1 Å². The number of aryl methyl sites for hydroxylation is 3. The number of aromatic nitrogens is 4. The van der Waals surface area contributed by atoms with Crippen LogP contribution in [0.4, 0.5) is 17.7 Å². The van der Waals surface area contributed by atoms with Gasteiger partial charge in [-0.25, -0.2) is 15.0 Å². The Bertz CT molecular complexity index is 1240. The number of hydrogen-bond donors (Lipinski definition) is 1. The lowest BCUT2D eigenvalue weighted by Crippen LogP contribution is -2.47. The van der Waals surface area contributed by atoms with Crippen molar-refractivity contribution < 1.29 is 0 Å². The summed E-state index contributed by atoms with van der Waals surface area (Å²) in [5.41, 5.74) is 5.45.